The van der Waals surface area contributed by atoms with Gasteiger partial charge in [-0.15, -0.1) is 0 Å². The fourth-order valence-electron chi connectivity index (χ4n) is 2.44. The molecule has 1 amide bonds. The number of nitrogens with one attached hydrogen (secondary N) is 1. The number of amides is 1. The Labute approximate surface area is 128 Å². The van der Waals surface area contributed by atoms with Crippen molar-refractivity contribution in [2.24, 2.45) is 0 Å². The highest BCUT2D eigenvalue weighted by atomic mass is 16.5. The van der Waals surface area contributed by atoms with Crippen molar-refractivity contribution in [1.82, 2.24) is 30.0 Å². The first kappa shape index (κ1) is 14.5. The van der Waals surface area contributed by atoms with Gasteiger partial charge in [0.25, 0.3) is 5.91 Å². The van der Waals surface area contributed by atoms with E-state index in [2.05, 4.69) is 25.1 Å². The van der Waals surface area contributed by atoms with Crippen molar-refractivity contribution >= 4 is 5.91 Å². The summed E-state index contributed by atoms with van der Waals surface area (Å²) in [4.78, 5) is 24.8. The van der Waals surface area contributed by atoms with Crippen LogP contribution in [-0.2, 0) is 6.54 Å². The molecular weight excluding hydrogens is 284 g/mol. The summed E-state index contributed by atoms with van der Waals surface area (Å²) in [6.07, 6.45) is 3.09. The molecule has 1 aliphatic rings. The minimum absolute atomic E-state index is 0.0572. The maximum Gasteiger partial charge on any atom is 0.272 e. The lowest BCUT2D eigenvalue weighted by Crippen LogP contribution is -2.48. The summed E-state index contributed by atoms with van der Waals surface area (Å²) in [6.45, 7) is 3.67. The van der Waals surface area contributed by atoms with Crippen LogP contribution in [0, 0.1) is 0 Å². The van der Waals surface area contributed by atoms with Gasteiger partial charge >= 0.3 is 0 Å². The molecule has 1 saturated heterocycles. The number of hydrogen-bond acceptors (Lipinski definition) is 6. The zero-order valence-corrected chi connectivity index (χ0v) is 12.4. The Morgan fingerprint density at radius 2 is 2.14 bits per heavy atom. The number of hydrogen-bond donors (Lipinski definition) is 1. The van der Waals surface area contributed by atoms with Gasteiger partial charge in [0, 0.05) is 38.4 Å². The van der Waals surface area contributed by atoms with Gasteiger partial charge < -0.3 is 9.64 Å². The Morgan fingerprint density at radius 3 is 2.82 bits per heavy atom. The fraction of sp³-hybridized carbons (Fsp3) is 0.429. The quantitative estimate of drug-likeness (QED) is 0.866. The molecule has 0 atom stereocenters. The SMILES string of the molecule is COc1ccnc(C(=O)N2CCN(Cc3ncn[nH]3)CC2)c1. The van der Waals surface area contributed by atoms with E-state index in [1.165, 1.54) is 6.33 Å². The number of ether oxygens (including phenoxy) is 1. The van der Waals surface area contributed by atoms with Crippen molar-refractivity contribution < 1.29 is 9.53 Å². The van der Waals surface area contributed by atoms with Gasteiger partial charge in [0.2, 0.25) is 0 Å². The summed E-state index contributed by atoms with van der Waals surface area (Å²) in [6, 6.07) is 3.40. The maximum absolute atomic E-state index is 12.5. The third-order valence-corrected chi connectivity index (χ3v) is 3.68. The molecule has 2 aromatic heterocycles. The molecule has 0 bridgehead atoms. The fourth-order valence-corrected chi connectivity index (χ4v) is 2.44. The minimum Gasteiger partial charge on any atom is -0.497 e. The second-order valence-electron chi connectivity index (χ2n) is 5.08. The zero-order valence-electron chi connectivity index (χ0n) is 12.4. The topological polar surface area (TPSA) is 87.2 Å². The number of carbonyl (C=O) groups is 1. The number of rotatable bonds is 4. The molecule has 0 saturated carbocycles. The van der Waals surface area contributed by atoms with Crippen LogP contribution in [0.25, 0.3) is 0 Å². The number of pyridine rings is 1. The predicted molar refractivity (Wildman–Crippen MR) is 78.4 cm³/mol. The smallest absolute Gasteiger partial charge is 0.272 e. The molecule has 22 heavy (non-hydrogen) atoms. The van der Waals surface area contributed by atoms with E-state index in [0.29, 0.717) is 24.5 Å². The highest BCUT2D eigenvalue weighted by molar-refractivity contribution is 5.92. The lowest BCUT2D eigenvalue weighted by Gasteiger charge is -2.34. The normalized spacial score (nSPS) is 15.8. The molecule has 3 heterocycles. The molecule has 2 aromatic rings. The molecule has 1 fully saturated rings. The van der Waals surface area contributed by atoms with E-state index < -0.39 is 0 Å². The molecule has 0 aliphatic carbocycles. The van der Waals surface area contributed by atoms with Gasteiger partial charge in [-0.25, -0.2) is 4.98 Å². The molecule has 0 unspecified atom stereocenters. The molecular formula is C14H18N6O2. The maximum atomic E-state index is 12.5. The Balaban J connectivity index is 1.57. The molecule has 116 valence electrons. The number of carbonyl (C=O) groups excluding carboxylic acids is 1. The molecule has 8 nitrogen and oxygen atoms in total. The van der Waals surface area contributed by atoms with Gasteiger partial charge in [-0.05, 0) is 6.07 Å². The first-order chi connectivity index (χ1) is 10.8. The van der Waals surface area contributed by atoms with E-state index in [-0.39, 0.29) is 5.91 Å². The van der Waals surface area contributed by atoms with E-state index in [0.717, 1.165) is 25.5 Å². The molecule has 3 rings (SSSR count). The molecule has 0 radical (unpaired) electrons. The predicted octanol–water partition coefficient (Wildman–Crippen LogP) is 0.166. The number of methoxy groups -OCH3 is 1. The van der Waals surface area contributed by atoms with E-state index in [4.69, 9.17) is 4.74 Å². The van der Waals surface area contributed by atoms with Crippen LogP contribution in [-0.4, -0.2) is 69.2 Å². The Kier molecular flexibility index (Phi) is 4.29. The van der Waals surface area contributed by atoms with Gasteiger partial charge in [0.15, 0.2) is 0 Å². The minimum atomic E-state index is -0.0572. The average molecular weight is 302 g/mol. The van der Waals surface area contributed by atoms with Crippen LogP contribution in [0.1, 0.15) is 16.3 Å². The van der Waals surface area contributed by atoms with Gasteiger partial charge in [-0.3, -0.25) is 19.8 Å². The van der Waals surface area contributed by atoms with Crippen molar-refractivity contribution in [2.45, 2.75) is 6.54 Å². The van der Waals surface area contributed by atoms with Crippen molar-refractivity contribution in [3.05, 3.63) is 36.2 Å². The Hall–Kier alpha value is -2.48. The van der Waals surface area contributed by atoms with Crippen LogP contribution in [0.15, 0.2) is 24.7 Å². The van der Waals surface area contributed by atoms with Gasteiger partial charge in [0.05, 0.1) is 13.7 Å². The number of H-pyrrole nitrogens is 1. The first-order valence-electron chi connectivity index (χ1n) is 7.12. The second kappa shape index (κ2) is 6.52. The molecule has 0 spiro atoms. The number of aromatic amines is 1. The van der Waals surface area contributed by atoms with Crippen molar-refractivity contribution in [1.29, 1.82) is 0 Å². The summed E-state index contributed by atoms with van der Waals surface area (Å²) in [7, 11) is 1.58. The van der Waals surface area contributed by atoms with E-state index in [1.807, 2.05) is 4.90 Å². The lowest BCUT2D eigenvalue weighted by atomic mass is 10.2. The van der Waals surface area contributed by atoms with Crippen LogP contribution < -0.4 is 4.74 Å². The number of nitrogens with zero attached hydrogens (tertiary/aromatic N) is 5. The van der Waals surface area contributed by atoms with Gasteiger partial charge in [-0.1, -0.05) is 0 Å². The van der Waals surface area contributed by atoms with E-state index in [1.54, 1.807) is 25.4 Å². The first-order valence-corrected chi connectivity index (χ1v) is 7.12. The highest BCUT2D eigenvalue weighted by Crippen LogP contribution is 2.13. The summed E-state index contributed by atoms with van der Waals surface area (Å²) in [5.41, 5.74) is 0.419. The third-order valence-electron chi connectivity index (χ3n) is 3.68. The zero-order chi connectivity index (χ0) is 15.4. The van der Waals surface area contributed by atoms with E-state index >= 15 is 0 Å². The largest absolute Gasteiger partial charge is 0.497 e. The molecule has 1 N–H and O–H groups in total. The van der Waals surface area contributed by atoms with E-state index in [9.17, 15) is 4.79 Å². The summed E-state index contributed by atoms with van der Waals surface area (Å²) >= 11 is 0. The van der Waals surface area contributed by atoms with Crippen molar-refractivity contribution in [3.63, 3.8) is 0 Å². The molecule has 0 aromatic carbocycles. The van der Waals surface area contributed by atoms with Gasteiger partial charge in [-0.2, -0.15) is 5.10 Å². The third kappa shape index (κ3) is 3.22. The lowest BCUT2D eigenvalue weighted by molar-refractivity contribution is 0.0619. The Morgan fingerprint density at radius 1 is 1.32 bits per heavy atom. The highest BCUT2D eigenvalue weighted by Gasteiger charge is 2.23. The Bertz CT molecular complexity index is 622. The standard InChI is InChI=1S/C14H18N6O2/c1-22-11-2-3-15-12(8-11)14(21)20-6-4-19(5-7-20)9-13-16-10-17-18-13/h2-3,8,10H,4-7,9H2,1H3,(H,16,17,18). The average Bonchev–Trinajstić information content (AvgIpc) is 3.08. The van der Waals surface area contributed by atoms with Crippen molar-refractivity contribution in [2.75, 3.05) is 33.3 Å². The molecule has 1 aliphatic heterocycles. The van der Waals surface area contributed by atoms with Crippen LogP contribution in [0.4, 0.5) is 0 Å². The monoisotopic (exact) mass is 302 g/mol. The number of piperazine rings is 1. The number of aromatic nitrogens is 4. The van der Waals surface area contributed by atoms with Crippen LogP contribution in [0.2, 0.25) is 0 Å². The summed E-state index contributed by atoms with van der Waals surface area (Å²) in [5.74, 6) is 1.43. The van der Waals surface area contributed by atoms with Crippen molar-refractivity contribution in [3.8, 4) is 5.75 Å². The summed E-state index contributed by atoms with van der Waals surface area (Å²) < 4.78 is 5.13. The molecule has 8 heteroatoms. The van der Waals surface area contributed by atoms with Crippen LogP contribution in [0.3, 0.4) is 0 Å². The summed E-state index contributed by atoms with van der Waals surface area (Å²) in [5, 5.41) is 6.69. The van der Waals surface area contributed by atoms with Crippen LogP contribution >= 0.6 is 0 Å². The van der Waals surface area contributed by atoms with Crippen LogP contribution in [0.5, 0.6) is 5.75 Å². The second-order valence-corrected chi connectivity index (χ2v) is 5.08. The van der Waals surface area contributed by atoms with Gasteiger partial charge in [0.1, 0.15) is 23.6 Å².